The normalized spacial score (nSPS) is 10.5. The molecule has 0 aliphatic heterocycles. The van der Waals surface area contributed by atoms with Crippen LogP contribution in [0.15, 0.2) is 18.3 Å². The van der Waals surface area contributed by atoms with Crippen molar-refractivity contribution in [2.24, 2.45) is 7.05 Å². The lowest BCUT2D eigenvalue weighted by atomic mass is 10.3. The molecule has 2 aromatic rings. The largest absolute Gasteiger partial charge is 0.265 e. The molecule has 0 aromatic carbocycles. The van der Waals surface area contributed by atoms with Gasteiger partial charge in [-0.2, -0.15) is 5.10 Å². The van der Waals surface area contributed by atoms with Crippen LogP contribution in [0.3, 0.4) is 0 Å². The van der Waals surface area contributed by atoms with Crippen molar-refractivity contribution in [1.82, 2.24) is 19.7 Å². The Kier molecular flexibility index (Phi) is 2.21. The minimum absolute atomic E-state index is 0.453. The molecule has 0 saturated carbocycles. The molecule has 0 fully saturated rings. The van der Waals surface area contributed by atoms with E-state index in [1.165, 1.54) is 0 Å². The predicted octanol–water partition coefficient (Wildman–Crippen LogP) is 1.84. The third-order valence-electron chi connectivity index (χ3n) is 1.87. The summed E-state index contributed by atoms with van der Waals surface area (Å²) in [6, 6.07) is 3.58. The molecule has 0 radical (unpaired) electrons. The van der Waals surface area contributed by atoms with E-state index in [2.05, 4.69) is 15.1 Å². The van der Waals surface area contributed by atoms with E-state index < -0.39 is 0 Å². The zero-order chi connectivity index (χ0) is 10.1. The van der Waals surface area contributed by atoms with Crippen molar-refractivity contribution in [2.75, 3.05) is 0 Å². The first kappa shape index (κ1) is 9.15. The van der Waals surface area contributed by atoms with Gasteiger partial charge < -0.3 is 0 Å². The van der Waals surface area contributed by atoms with Gasteiger partial charge >= 0.3 is 0 Å². The van der Waals surface area contributed by atoms with Crippen molar-refractivity contribution >= 4 is 11.6 Å². The first-order valence-electron chi connectivity index (χ1n) is 4.16. The van der Waals surface area contributed by atoms with Crippen molar-refractivity contribution in [3.63, 3.8) is 0 Å². The lowest BCUT2D eigenvalue weighted by Crippen LogP contribution is -1.98. The first-order chi connectivity index (χ1) is 6.66. The summed E-state index contributed by atoms with van der Waals surface area (Å²) in [4.78, 5) is 8.41. The van der Waals surface area contributed by atoms with Gasteiger partial charge in [0.25, 0.3) is 0 Å². The molecule has 5 heteroatoms. The molecule has 0 saturated heterocycles. The first-order valence-corrected chi connectivity index (χ1v) is 4.54. The zero-order valence-electron chi connectivity index (χ0n) is 7.90. The van der Waals surface area contributed by atoms with Gasteiger partial charge in [-0.05, 0) is 19.1 Å². The van der Waals surface area contributed by atoms with Gasteiger partial charge in [-0.25, -0.2) is 9.97 Å². The number of hydrogen-bond donors (Lipinski definition) is 0. The lowest BCUT2D eigenvalue weighted by Gasteiger charge is -2.01. The van der Waals surface area contributed by atoms with E-state index in [1.54, 1.807) is 16.9 Å². The molecule has 0 aliphatic carbocycles. The van der Waals surface area contributed by atoms with Crippen molar-refractivity contribution < 1.29 is 0 Å². The molecule has 0 bridgehead atoms. The van der Waals surface area contributed by atoms with Gasteiger partial charge in [-0.1, -0.05) is 11.6 Å². The lowest BCUT2D eigenvalue weighted by molar-refractivity contribution is 0.769. The van der Waals surface area contributed by atoms with Gasteiger partial charge in [0.1, 0.15) is 10.8 Å². The Hall–Kier alpha value is -1.42. The maximum Gasteiger partial charge on any atom is 0.179 e. The highest BCUT2D eigenvalue weighted by atomic mass is 35.5. The van der Waals surface area contributed by atoms with E-state index in [1.807, 2.05) is 20.0 Å². The molecule has 2 rings (SSSR count). The van der Waals surface area contributed by atoms with Gasteiger partial charge in [-0.15, -0.1) is 0 Å². The van der Waals surface area contributed by atoms with Crippen LogP contribution in [0.1, 0.15) is 5.69 Å². The van der Waals surface area contributed by atoms with Crippen LogP contribution >= 0.6 is 11.6 Å². The van der Waals surface area contributed by atoms with Gasteiger partial charge in [0.2, 0.25) is 0 Å². The molecule has 2 aromatic heterocycles. The Labute approximate surface area is 86.6 Å². The molecule has 4 nitrogen and oxygen atoms in total. The predicted molar refractivity (Wildman–Crippen MR) is 54.0 cm³/mol. The monoisotopic (exact) mass is 208 g/mol. The molecule has 14 heavy (non-hydrogen) atoms. The SMILES string of the molecule is Cc1cc(Cl)nc(-c2ccnn2C)n1. The highest BCUT2D eigenvalue weighted by molar-refractivity contribution is 6.29. The summed E-state index contributed by atoms with van der Waals surface area (Å²) in [7, 11) is 1.84. The Balaban J connectivity index is 2.57. The van der Waals surface area contributed by atoms with Crippen molar-refractivity contribution in [3.8, 4) is 11.5 Å². The fraction of sp³-hybridized carbons (Fsp3) is 0.222. The molecule has 0 atom stereocenters. The summed E-state index contributed by atoms with van der Waals surface area (Å²) in [5, 5.41) is 4.50. The third kappa shape index (κ3) is 1.61. The fourth-order valence-electron chi connectivity index (χ4n) is 1.24. The quantitative estimate of drug-likeness (QED) is 0.672. The minimum atomic E-state index is 0.453. The van der Waals surface area contributed by atoms with E-state index in [0.29, 0.717) is 11.0 Å². The number of aryl methyl sites for hydroxylation is 2. The Bertz CT molecular complexity index is 443. The highest BCUT2D eigenvalue weighted by Gasteiger charge is 2.06. The fourth-order valence-corrected chi connectivity index (χ4v) is 1.48. The highest BCUT2D eigenvalue weighted by Crippen LogP contribution is 2.16. The van der Waals surface area contributed by atoms with E-state index in [4.69, 9.17) is 11.6 Å². The average molecular weight is 209 g/mol. The summed E-state index contributed by atoms with van der Waals surface area (Å²) in [5.74, 6) is 0.606. The summed E-state index contributed by atoms with van der Waals surface area (Å²) >= 11 is 5.84. The average Bonchev–Trinajstić information content (AvgIpc) is 2.49. The van der Waals surface area contributed by atoms with Crippen LogP contribution in [-0.2, 0) is 7.05 Å². The summed E-state index contributed by atoms with van der Waals surface area (Å²) in [6.45, 7) is 1.88. The molecule has 72 valence electrons. The number of aromatic nitrogens is 4. The molecule has 0 spiro atoms. The molecule has 0 unspecified atom stereocenters. The Morgan fingerprint density at radius 2 is 2.14 bits per heavy atom. The van der Waals surface area contributed by atoms with Crippen molar-refractivity contribution in [2.45, 2.75) is 6.92 Å². The van der Waals surface area contributed by atoms with Crippen LogP contribution in [0.2, 0.25) is 5.15 Å². The van der Waals surface area contributed by atoms with E-state index in [0.717, 1.165) is 11.4 Å². The van der Waals surface area contributed by atoms with Crippen LogP contribution in [0.4, 0.5) is 0 Å². The maximum absolute atomic E-state index is 5.84. The van der Waals surface area contributed by atoms with Crippen LogP contribution < -0.4 is 0 Å². The van der Waals surface area contributed by atoms with Crippen molar-refractivity contribution in [1.29, 1.82) is 0 Å². The van der Waals surface area contributed by atoms with Gasteiger partial charge in [-0.3, -0.25) is 4.68 Å². The smallest absolute Gasteiger partial charge is 0.179 e. The number of rotatable bonds is 1. The number of nitrogens with zero attached hydrogens (tertiary/aromatic N) is 4. The third-order valence-corrected chi connectivity index (χ3v) is 2.07. The summed E-state index contributed by atoms with van der Waals surface area (Å²) < 4.78 is 1.71. The van der Waals surface area contributed by atoms with E-state index >= 15 is 0 Å². The van der Waals surface area contributed by atoms with Crippen LogP contribution in [0, 0.1) is 6.92 Å². The second kappa shape index (κ2) is 3.38. The maximum atomic E-state index is 5.84. The van der Waals surface area contributed by atoms with Gasteiger partial charge in [0, 0.05) is 18.9 Å². The van der Waals surface area contributed by atoms with Crippen LogP contribution in [0.5, 0.6) is 0 Å². The number of hydrogen-bond acceptors (Lipinski definition) is 3. The van der Waals surface area contributed by atoms with Gasteiger partial charge in [0.05, 0.1) is 0 Å². The van der Waals surface area contributed by atoms with E-state index in [-0.39, 0.29) is 0 Å². The molecule has 0 amide bonds. The topological polar surface area (TPSA) is 43.6 Å². The Morgan fingerprint density at radius 1 is 1.36 bits per heavy atom. The number of halogens is 1. The van der Waals surface area contributed by atoms with Crippen LogP contribution in [-0.4, -0.2) is 19.7 Å². The molecule has 2 heterocycles. The summed E-state index contributed by atoms with van der Waals surface area (Å²) in [6.07, 6.45) is 1.70. The second-order valence-electron chi connectivity index (χ2n) is 3.00. The zero-order valence-corrected chi connectivity index (χ0v) is 8.65. The Morgan fingerprint density at radius 3 is 2.71 bits per heavy atom. The molecular weight excluding hydrogens is 200 g/mol. The van der Waals surface area contributed by atoms with Gasteiger partial charge in [0.15, 0.2) is 5.82 Å². The van der Waals surface area contributed by atoms with Crippen molar-refractivity contribution in [3.05, 3.63) is 29.2 Å². The molecular formula is C9H9ClN4. The molecule has 0 aliphatic rings. The summed E-state index contributed by atoms with van der Waals surface area (Å²) in [5.41, 5.74) is 1.71. The minimum Gasteiger partial charge on any atom is -0.265 e. The van der Waals surface area contributed by atoms with Crippen LogP contribution in [0.25, 0.3) is 11.5 Å². The van der Waals surface area contributed by atoms with E-state index in [9.17, 15) is 0 Å². The second-order valence-corrected chi connectivity index (χ2v) is 3.38. The standard InChI is InChI=1S/C9H9ClN4/c1-6-5-8(10)13-9(12-6)7-3-4-11-14(7)2/h3-5H,1-2H3. The molecule has 0 N–H and O–H groups in total.